The van der Waals surface area contributed by atoms with E-state index in [1.165, 1.54) is 141 Å². The SMILES string of the molecule is CCCCCCCC/C=C\CCCCCCCC(=O)OCCCNCCCOC(=O)CCCCCCC/C=C\CCCCCCCC.O=C(O)C(F)(F)F. The number of alkyl halides is 3. The van der Waals surface area contributed by atoms with Gasteiger partial charge in [0.15, 0.2) is 0 Å². The molecule has 0 aliphatic rings. The summed E-state index contributed by atoms with van der Waals surface area (Å²) in [5, 5.41) is 10.5. The first kappa shape index (κ1) is 53.7. The van der Waals surface area contributed by atoms with E-state index in [9.17, 15) is 22.8 Å². The molecule has 0 aliphatic heterocycles. The number of hydrogen-bond acceptors (Lipinski definition) is 6. The Morgan fingerprint density at radius 2 is 0.759 bits per heavy atom. The molecule has 0 radical (unpaired) electrons. The van der Waals surface area contributed by atoms with Gasteiger partial charge in [-0.15, -0.1) is 0 Å². The Bertz CT molecular complexity index is 836. The molecule has 0 aliphatic carbocycles. The fraction of sp³-hybridized carbons (Fsp3) is 0.841. The van der Waals surface area contributed by atoms with Crippen molar-refractivity contribution in [1.82, 2.24) is 5.32 Å². The summed E-state index contributed by atoms with van der Waals surface area (Å²) in [7, 11) is 0. The van der Waals surface area contributed by atoms with E-state index in [0.29, 0.717) is 26.1 Å². The summed E-state index contributed by atoms with van der Waals surface area (Å²) in [6, 6.07) is 0. The van der Waals surface area contributed by atoms with Gasteiger partial charge in [0.1, 0.15) is 0 Å². The van der Waals surface area contributed by atoms with Gasteiger partial charge < -0.3 is 19.9 Å². The van der Waals surface area contributed by atoms with Crippen LogP contribution in [0.25, 0.3) is 0 Å². The van der Waals surface area contributed by atoms with E-state index in [1.807, 2.05) is 0 Å². The van der Waals surface area contributed by atoms with Crippen LogP contribution in [0.15, 0.2) is 24.3 Å². The van der Waals surface area contributed by atoms with Crippen molar-refractivity contribution in [2.24, 2.45) is 0 Å². The second kappa shape index (κ2) is 43.4. The van der Waals surface area contributed by atoms with Crippen molar-refractivity contribution in [2.75, 3.05) is 26.3 Å². The number of aliphatic carboxylic acids is 1. The van der Waals surface area contributed by atoms with Crippen LogP contribution in [0.5, 0.6) is 0 Å². The van der Waals surface area contributed by atoms with Crippen LogP contribution in [0.2, 0.25) is 0 Å². The van der Waals surface area contributed by atoms with Gasteiger partial charge in [0, 0.05) is 12.8 Å². The zero-order valence-corrected chi connectivity index (χ0v) is 34.5. The van der Waals surface area contributed by atoms with Crippen molar-refractivity contribution in [3.8, 4) is 0 Å². The van der Waals surface area contributed by atoms with Crippen molar-refractivity contribution >= 4 is 17.9 Å². The Morgan fingerprint density at radius 3 is 1.06 bits per heavy atom. The lowest BCUT2D eigenvalue weighted by molar-refractivity contribution is -0.192. The largest absolute Gasteiger partial charge is 0.490 e. The molecule has 2 N–H and O–H groups in total. The fourth-order valence-corrected chi connectivity index (χ4v) is 5.72. The standard InChI is InChI=1S/C42H79NO4.C2HF3O2/c1-3-5-7-9-11-13-15-17-19-21-23-25-27-29-31-35-41(44)46-39-33-37-43-38-34-40-47-42(45)36-32-30-28-26-24-22-20-18-16-14-12-10-8-6-4-2;3-2(4,5)1(6)7/h17-20,43H,3-16,21-40H2,1-2H3;(H,6,7)/b19-17-,20-18-;. The summed E-state index contributed by atoms with van der Waals surface area (Å²) in [6.45, 7) is 7.10. The van der Waals surface area contributed by atoms with Gasteiger partial charge in [0.05, 0.1) is 13.2 Å². The number of carboxylic acids is 1. The van der Waals surface area contributed by atoms with Gasteiger partial charge in [-0.05, 0) is 90.1 Å². The highest BCUT2D eigenvalue weighted by atomic mass is 19.4. The normalized spacial score (nSPS) is 11.6. The molecule has 0 atom stereocenters. The lowest BCUT2D eigenvalue weighted by atomic mass is 10.1. The molecule has 0 aromatic heterocycles. The number of carbonyl (C=O) groups excluding carboxylic acids is 2. The molecule has 0 amide bonds. The first-order chi connectivity index (χ1) is 26.1. The van der Waals surface area contributed by atoms with Crippen LogP contribution in [0.3, 0.4) is 0 Å². The number of halogens is 3. The molecule has 10 heteroatoms. The number of nitrogens with one attached hydrogen (secondary N) is 1. The van der Waals surface area contributed by atoms with Gasteiger partial charge in [-0.2, -0.15) is 13.2 Å². The summed E-state index contributed by atoms with van der Waals surface area (Å²) < 4.78 is 42.5. The predicted molar refractivity (Wildman–Crippen MR) is 217 cm³/mol. The van der Waals surface area contributed by atoms with Gasteiger partial charge in [-0.3, -0.25) is 9.59 Å². The van der Waals surface area contributed by atoms with Crippen LogP contribution >= 0.6 is 0 Å². The maximum atomic E-state index is 11.9. The summed E-state index contributed by atoms with van der Waals surface area (Å²) in [5.74, 6) is -2.89. The Morgan fingerprint density at radius 1 is 0.481 bits per heavy atom. The molecular weight excluding hydrogens is 695 g/mol. The summed E-state index contributed by atoms with van der Waals surface area (Å²) >= 11 is 0. The highest BCUT2D eigenvalue weighted by Crippen LogP contribution is 2.14. The average molecular weight is 776 g/mol. The molecular formula is C44H80F3NO6. The molecule has 0 fully saturated rings. The molecule has 0 saturated carbocycles. The first-order valence-corrected chi connectivity index (χ1v) is 21.8. The minimum atomic E-state index is -5.08. The van der Waals surface area contributed by atoms with Crippen molar-refractivity contribution in [3.63, 3.8) is 0 Å². The Hall–Kier alpha value is -2.36. The lowest BCUT2D eigenvalue weighted by Crippen LogP contribution is -2.21. The van der Waals surface area contributed by atoms with Crippen LogP contribution in [-0.4, -0.2) is 55.5 Å². The molecule has 318 valence electrons. The van der Waals surface area contributed by atoms with Crippen molar-refractivity contribution in [1.29, 1.82) is 0 Å². The van der Waals surface area contributed by atoms with Gasteiger partial charge in [-0.1, -0.05) is 141 Å². The van der Waals surface area contributed by atoms with E-state index in [2.05, 4.69) is 43.5 Å². The Labute approximate surface area is 328 Å². The van der Waals surface area contributed by atoms with Crippen LogP contribution < -0.4 is 5.32 Å². The first-order valence-electron chi connectivity index (χ1n) is 21.8. The van der Waals surface area contributed by atoms with E-state index in [1.54, 1.807) is 0 Å². The lowest BCUT2D eigenvalue weighted by Gasteiger charge is -2.07. The number of unbranched alkanes of at least 4 members (excludes halogenated alkanes) is 22. The smallest absolute Gasteiger partial charge is 0.475 e. The summed E-state index contributed by atoms with van der Waals surface area (Å²) in [6.07, 6.45) is 39.8. The van der Waals surface area contributed by atoms with Crippen molar-refractivity contribution in [2.45, 2.75) is 213 Å². The molecule has 0 rings (SSSR count). The van der Waals surface area contributed by atoms with Crippen LogP contribution in [0, 0.1) is 0 Å². The number of allylic oxidation sites excluding steroid dienone is 4. The molecule has 0 heterocycles. The zero-order valence-electron chi connectivity index (χ0n) is 34.5. The molecule has 7 nitrogen and oxygen atoms in total. The molecule has 0 bridgehead atoms. The van der Waals surface area contributed by atoms with E-state index in [-0.39, 0.29) is 11.9 Å². The minimum absolute atomic E-state index is 0.0687. The van der Waals surface area contributed by atoms with Crippen molar-refractivity contribution in [3.05, 3.63) is 24.3 Å². The third-order valence-corrected chi connectivity index (χ3v) is 9.05. The molecule has 0 unspecified atom stereocenters. The van der Waals surface area contributed by atoms with Crippen LogP contribution in [-0.2, 0) is 23.9 Å². The maximum Gasteiger partial charge on any atom is 0.490 e. The molecule has 0 aromatic carbocycles. The number of carboxylic acid groups (broad SMARTS) is 1. The quantitative estimate of drug-likeness (QED) is 0.0366. The summed E-state index contributed by atoms with van der Waals surface area (Å²) in [5.41, 5.74) is 0. The van der Waals surface area contributed by atoms with Crippen LogP contribution in [0.4, 0.5) is 13.2 Å². The Balaban J connectivity index is 0. The molecule has 0 saturated heterocycles. The number of hydrogen-bond donors (Lipinski definition) is 2. The van der Waals surface area contributed by atoms with E-state index in [0.717, 1.165) is 51.6 Å². The molecule has 0 aromatic rings. The topological polar surface area (TPSA) is 102 Å². The number of esters is 2. The van der Waals surface area contributed by atoms with Gasteiger partial charge >= 0.3 is 24.1 Å². The van der Waals surface area contributed by atoms with Gasteiger partial charge in [0.2, 0.25) is 0 Å². The van der Waals surface area contributed by atoms with Crippen molar-refractivity contribution < 1.29 is 42.1 Å². The number of ether oxygens (including phenoxy) is 2. The Kier molecular flexibility index (Phi) is 43.2. The van der Waals surface area contributed by atoms with Gasteiger partial charge in [-0.25, -0.2) is 4.79 Å². The summed E-state index contributed by atoms with van der Waals surface area (Å²) in [4.78, 5) is 32.8. The third-order valence-electron chi connectivity index (χ3n) is 9.05. The van der Waals surface area contributed by atoms with E-state index in [4.69, 9.17) is 19.4 Å². The van der Waals surface area contributed by atoms with E-state index < -0.39 is 12.1 Å². The van der Waals surface area contributed by atoms with Crippen LogP contribution in [0.1, 0.15) is 206 Å². The monoisotopic (exact) mass is 776 g/mol. The number of carbonyl (C=O) groups is 3. The molecule has 0 spiro atoms. The third kappa shape index (κ3) is 47.7. The second-order valence-corrected chi connectivity index (χ2v) is 14.4. The zero-order chi connectivity index (χ0) is 40.2. The van der Waals surface area contributed by atoms with Gasteiger partial charge in [0.25, 0.3) is 0 Å². The maximum absolute atomic E-state index is 11.9. The predicted octanol–water partition coefficient (Wildman–Crippen LogP) is 13.2. The average Bonchev–Trinajstić information content (AvgIpc) is 3.14. The van der Waals surface area contributed by atoms with E-state index >= 15 is 0 Å². The number of rotatable bonds is 38. The minimum Gasteiger partial charge on any atom is -0.475 e. The highest BCUT2D eigenvalue weighted by Gasteiger charge is 2.38. The highest BCUT2D eigenvalue weighted by molar-refractivity contribution is 5.73. The fourth-order valence-electron chi connectivity index (χ4n) is 5.72. The second-order valence-electron chi connectivity index (χ2n) is 14.4. The molecule has 54 heavy (non-hydrogen) atoms.